The Bertz CT molecular complexity index is 1280. The summed E-state index contributed by atoms with van der Waals surface area (Å²) < 4.78 is 33.0. The first-order chi connectivity index (χ1) is 15.5. The highest BCUT2D eigenvalue weighted by molar-refractivity contribution is 7.89. The van der Waals surface area contributed by atoms with Crippen LogP contribution in [-0.2, 0) is 26.1 Å². The minimum atomic E-state index is -4.10. The molecule has 33 heavy (non-hydrogen) atoms. The van der Waals surface area contributed by atoms with Gasteiger partial charge in [-0.2, -0.15) is 0 Å². The minimum Gasteiger partial charge on any atom is -0.467 e. The zero-order chi connectivity index (χ0) is 24.3. The van der Waals surface area contributed by atoms with Gasteiger partial charge in [0.25, 0.3) is 0 Å². The number of fused-ring (bicyclic) bond motifs is 1. The van der Waals surface area contributed by atoms with Crippen LogP contribution in [0.15, 0.2) is 41.3 Å². The monoisotopic (exact) mass is 530 g/mol. The number of para-hydroxylation sites is 1. The zero-order valence-corrected chi connectivity index (χ0v) is 21.0. The van der Waals surface area contributed by atoms with Crippen LogP contribution >= 0.6 is 34.8 Å². The van der Waals surface area contributed by atoms with Crippen molar-refractivity contribution < 1.29 is 17.9 Å². The maximum atomic E-state index is 12.8. The van der Waals surface area contributed by atoms with Gasteiger partial charge in [-0.1, -0.05) is 60.8 Å². The molecule has 0 saturated heterocycles. The second-order valence-corrected chi connectivity index (χ2v) is 10.4. The Kier molecular flexibility index (Phi) is 8.02. The molecule has 1 aromatic heterocycles. The molecule has 3 aromatic rings. The highest BCUT2D eigenvalue weighted by Gasteiger charge is 2.26. The Balaban J connectivity index is 1.95. The summed E-state index contributed by atoms with van der Waals surface area (Å²) in [5.41, 5.74) is 0.569. The first-order valence-corrected chi connectivity index (χ1v) is 12.4. The number of halogens is 3. The highest BCUT2D eigenvalue weighted by atomic mass is 35.5. The van der Waals surface area contributed by atoms with E-state index < -0.39 is 22.0 Å². The minimum absolute atomic E-state index is 0.0951. The van der Waals surface area contributed by atoms with E-state index in [1.807, 2.05) is 19.9 Å². The van der Waals surface area contributed by atoms with Crippen LogP contribution in [0.25, 0.3) is 10.9 Å². The highest BCUT2D eigenvalue weighted by Crippen LogP contribution is 2.32. The summed E-state index contributed by atoms with van der Waals surface area (Å²) in [6.45, 7) is 3.49. The standard InChI is InChI=1S/C21H21Cl3N4O4S/c1-11(2)18(21(29)32-3)28-20-13-6-4-5-7-16(13)26-17(27-20)10-25-33(30,31)19-14(23)8-12(22)9-15(19)24/h4-9,11,18,25H,10H2,1-3H3,(H,26,27,28)/t18-/m0/s1. The number of benzene rings is 2. The van der Waals surface area contributed by atoms with E-state index in [-0.39, 0.29) is 38.3 Å². The molecule has 0 aliphatic heterocycles. The number of nitrogens with one attached hydrogen (secondary N) is 2. The molecule has 176 valence electrons. The Hall–Kier alpha value is -2.17. The van der Waals surface area contributed by atoms with E-state index in [0.717, 1.165) is 0 Å². The largest absolute Gasteiger partial charge is 0.467 e. The molecule has 12 heteroatoms. The molecular formula is C21H21Cl3N4O4S. The average Bonchev–Trinajstić information content (AvgIpc) is 2.74. The van der Waals surface area contributed by atoms with Crippen LogP contribution in [0.4, 0.5) is 5.82 Å². The van der Waals surface area contributed by atoms with Gasteiger partial charge in [-0.05, 0) is 30.2 Å². The van der Waals surface area contributed by atoms with Crippen LogP contribution in [0.3, 0.4) is 0 Å². The number of esters is 1. The average molecular weight is 532 g/mol. The molecule has 0 fully saturated rings. The number of nitrogens with zero attached hydrogens (tertiary/aromatic N) is 2. The van der Waals surface area contributed by atoms with E-state index >= 15 is 0 Å². The Labute approximate surface area is 206 Å². The molecular weight excluding hydrogens is 511 g/mol. The van der Waals surface area contributed by atoms with Crippen LogP contribution < -0.4 is 10.0 Å². The number of methoxy groups -OCH3 is 1. The van der Waals surface area contributed by atoms with Crippen molar-refractivity contribution in [2.75, 3.05) is 12.4 Å². The molecule has 0 unspecified atom stereocenters. The van der Waals surface area contributed by atoms with E-state index in [1.54, 1.807) is 18.2 Å². The van der Waals surface area contributed by atoms with E-state index in [9.17, 15) is 13.2 Å². The van der Waals surface area contributed by atoms with E-state index in [2.05, 4.69) is 20.0 Å². The van der Waals surface area contributed by atoms with E-state index in [0.29, 0.717) is 16.7 Å². The fourth-order valence-corrected chi connectivity index (χ4v) is 5.62. The molecule has 2 aromatic carbocycles. The maximum absolute atomic E-state index is 12.8. The number of rotatable bonds is 8. The summed E-state index contributed by atoms with van der Waals surface area (Å²) in [5.74, 6) is 0.0131. The van der Waals surface area contributed by atoms with Gasteiger partial charge in [0.2, 0.25) is 10.0 Å². The van der Waals surface area contributed by atoms with Crippen molar-refractivity contribution in [3.8, 4) is 0 Å². The van der Waals surface area contributed by atoms with Crippen LogP contribution in [0, 0.1) is 5.92 Å². The number of carbonyl (C=O) groups is 1. The topological polar surface area (TPSA) is 110 Å². The summed E-state index contributed by atoms with van der Waals surface area (Å²) in [5, 5.41) is 3.76. The number of anilines is 1. The zero-order valence-electron chi connectivity index (χ0n) is 17.9. The third-order valence-electron chi connectivity index (χ3n) is 4.72. The van der Waals surface area contributed by atoms with Gasteiger partial charge >= 0.3 is 5.97 Å². The predicted octanol–water partition coefficient (Wildman–Crippen LogP) is 4.68. The van der Waals surface area contributed by atoms with Crippen molar-refractivity contribution in [1.29, 1.82) is 0 Å². The first kappa shape index (κ1) is 25.5. The molecule has 0 aliphatic rings. The smallest absolute Gasteiger partial charge is 0.328 e. The molecule has 0 aliphatic carbocycles. The molecule has 1 heterocycles. The predicted molar refractivity (Wildman–Crippen MR) is 129 cm³/mol. The number of carbonyl (C=O) groups excluding carboxylic acids is 1. The van der Waals surface area contributed by atoms with E-state index in [4.69, 9.17) is 39.5 Å². The second kappa shape index (κ2) is 10.4. The van der Waals surface area contributed by atoms with Crippen molar-refractivity contribution in [2.24, 2.45) is 5.92 Å². The molecule has 3 rings (SSSR count). The van der Waals surface area contributed by atoms with Crippen LogP contribution in [0.2, 0.25) is 15.1 Å². The number of aromatic nitrogens is 2. The lowest BCUT2D eigenvalue weighted by molar-refractivity contribution is -0.142. The summed E-state index contributed by atoms with van der Waals surface area (Å²) in [6, 6.07) is 9.08. The van der Waals surface area contributed by atoms with Crippen LogP contribution in [-0.4, -0.2) is 37.5 Å². The summed E-state index contributed by atoms with van der Waals surface area (Å²) in [4.78, 5) is 20.8. The normalized spacial score (nSPS) is 12.7. The summed E-state index contributed by atoms with van der Waals surface area (Å²) in [7, 11) is -2.79. The Morgan fingerprint density at radius 2 is 1.73 bits per heavy atom. The van der Waals surface area contributed by atoms with Crippen LogP contribution in [0.1, 0.15) is 19.7 Å². The third-order valence-corrected chi connectivity index (χ3v) is 7.26. The van der Waals surface area contributed by atoms with Gasteiger partial charge in [0.15, 0.2) is 0 Å². The van der Waals surface area contributed by atoms with Crippen molar-refractivity contribution in [3.05, 3.63) is 57.3 Å². The Morgan fingerprint density at radius 3 is 2.33 bits per heavy atom. The first-order valence-electron chi connectivity index (χ1n) is 9.77. The lowest BCUT2D eigenvalue weighted by Crippen LogP contribution is -2.36. The van der Waals surface area contributed by atoms with Gasteiger partial charge in [-0.25, -0.2) is 27.9 Å². The van der Waals surface area contributed by atoms with Gasteiger partial charge in [0.05, 0.1) is 29.2 Å². The van der Waals surface area contributed by atoms with E-state index in [1.165, 1.54) is 19.2 Å². The molecule has 1 atom stereocenters. The molecule has 0 spiro atoms. The lowest BCUT2D eigenvalue weighted by atomic mass is 10.0. The Morgan fingerprint density at radius 1 is 1.09 bits per heavy atom. The lowest BCUT2D eigenvalue weighted by Gasteiger charge is -2.21. The summed E-state index contributed by atoms with van der Waals surface area (Å²) in [6.07, 6.45) is 0. The summed E-state index contributed by atoms with van der Waals surface area (Å²) >= 11 is 18.0. The fraction of sp³-hybridized carbons (Fsp3) is 0.286. The van der Waals surface area contributed by atoms with Gasteiger partial charge in [0, 0.05) is 10.4 Å². The molecule has 0 saturated carbocycles. The number of ether oxygens (including phenoxy) is 1. The number of hydrogen-bond acceptors (Lipinski definition) is 7. The van der Waals surface area contributed by atoms with Crippen molar-refractivity contribution >= 4 is 67.5 Å². The second-order valence-electron chi connectivity index (χ2n) is 7.42. The molecule has 0 bridgehead atoms. The number of sulfonamides is 1. The number of hydrogen-bond donors (Lipinski definition) is 2. The third kappa shape index (κ3) is 5.85. The van der Waals surface area contributed by atoms with Crippen molar-refractivity contribution in [2.45, 2.75) is 31.3 Å². The van der Waals surface area contributed by atoms with Crippen molar-refractivity contribution in [3.63, 3.8) is 0 Å². The van der Waals surface area contributed by atoms with Gasteiger partial charge in [-0.15, -0.1) is 0 Å². The van der Waals surface area contributed by atoms with Crippen molar-refractivity contribution in [1.82, 2.24) is 14.7 Å². The molecule has 0 radical (unpaired) electrons. The van der Waals surface area contributed by atoms with Crippen LogP contribution in [0.5, 0.6) is 0 Å². The maximum Gasteiger partial charge on any atom is 0.328 e. The van der Waals surface area contributed by atoms with Gasteiger partial charge in [-0.3, -0.25) is 0 Å². The molecule has 0 amide bonds. The van der Waals surface area contributed by atoms with Gasteiger partial charge < -0.3 is 10.1 Å². The van der Waals surface area contributed by atoms with Gasteiger partial charge in [0.1, 0.15) is 22.6 Å². The quantitative estimate of drug-likeness (QED) is 0.406. The molecule has 8 nitrogen and oxygen atoms in total. The SMILES string of the molecule is COC(=O)[C@@H](Nc1nc(CNS(=O)(=O)c2c(Cl)cc(Cl)cc2Cl)nc2ccccc12)C(C)C. The molecule has 2 N–H and O–H groups in total. The fourth-order valence-electron chi connectivity index (χ4n) is 3.10.